The van der Waals surface area contributed by atoms with Crippen LogP contribution in [0.15, 0.2) is 53.8 Å². The molecule has 0 fully saturated rings. The lowest BCUT2D eigenvalue weighted by Crippen LogP contribution is -2.26. The van der Waals surface area contributed by atoms with Crippen molar-refractivity contribution in [2.75, 3.05) is 0 Å². The molecule has 0 radical (unpaired) electrons. The average Bonchev–Trinajstić information content (AvgIpc) is 2.46. The SMILES string of the molecule is BC1(c2ccccn2)C=CC=CN=C1. The van der Waals surface area contributed by atoms with Crippen LogP contribution in [0.2, 0.25) is 0 Å². The van der Waals surface area contributed by atoms with Gasteiger partial charge in [0, 0.05) is 29.6 Å². The van der Waals surface area contributed by atoms with Gasteiger partial charge in [0.1, 0.15) is 7.85 Å². The van der Waals surface area contributed by atoms with Crippen molar-refractivity contribution < 1.29 is 0 Å². The minimum Gasteiger partial charge on any atom is -0.269 e. The van der Waals surface area contributed by atoms with Gasteiger partial charge in [-0.3, -0.25) is 9.98 Å². The van der Waals surface area contributed by atoms with Crippen LogP contribution < -0.4 is 0 Å². The highest BCUT2D eigenvalue weighted by atomic mass is 14.7. The predicted octanol–water partition coefficient (Wildman–Crippen LogP) is 1.06. The van der Waals surface area contributed by atoms with Crippen LogP contribution in [-0.4, -0.2) is 19.0 Å². The summed E-state index contributed by atoms with van der Waals surface area (Å²) >= 11 is 0. The topological polar surface area (TPSA) is 25.2 Å². The van der Waals surface area contributed by atoms with Crippen LogP contribution >= 0.6 is 0 Å². The fourth-order valence-electron chi connectivity index (χ4n) is 1.43. The van der Waals surface area contributed by atoms with E-state index in [1.54, 1.807) is 12.4 Å². The fourth-order valence-corrected chi connectivity index (χ4v) is 1.43. The minimum absolute atomic E-state index is 0.190. The van der Waals surface area contributed by atoms with Gasteiger partial charge in [-0.15, -0.1) is 0 Å². The van der Waals surface area contributed by atoms with Gasteiger partial charge in [0.15, 0.2) is 0 Å². The van der Waals surface area contributed by atoms with Gasteiger partial charge in [0.05, 0.1) is 0 Å². The van der Waals surface area contributed by atoms with Gasteiger partial charge in [0.2, 0.25) is 0 Å². The summed E-state index contributed by atoms with van der Waals surface area (Å²) in [6, 6.07) is 5.93. The maximum Gasteiger partial charge on any atom is 0.129 e. The van der Waals surface area contributed by atoms with E-state index in [1.807, 2.05) is 36.6 Å². The van der Waals surface area contributed by atoms with Crippen molar-refractivity contribution >= 4 is 14.1 Å². The van der Waals surface area contributed by atoms with E-state index in [1.165, 1.54) is 0 Å². The van der Waals surface area contributed by atoms with Crippen molar-refractivity contribution in [3.8, 4) is 0 Å². The van der Waals surface area contributed by atoms with Crippen molar-refractivity contribution in [3.63, 3.8) is 0 Å². The fraction of sp³-hybridized carbons (Fsp3) is 0.0909. The molecule has 68 valence electrons. The number of allylic oxidation sites excluding steroid dienone is 3. The summed E-state index contributed by atoms with van der Waals surface area (Å²) in [6.45, 7) is 0. The molecule has 1 aromatic rings. The summed E-state index contributed by atoms with van der Waals surface area (Å²) < 4.78 is 0. The Labute approximate surface area is 84.5 Å². The zero-order chi connectivity index (χ0) is 9.86. The van der Waals surface area contributed by atoms with E-state index in [0.29, 0.717) is 0 Å². The Morgan fingerprint density at radius 1 is 1.21 bits per heavy atom. The van der Waals surface area contributed by atoms with E-state index in [-0.39, 0.29) is 5.31 Å². The second-order valence-electron chi connectivity index (χ2n) is 3.48. The third-order valence-electron chi connectivity index (χ3n) is 2.29. The number of aliphatic imine (C=N–C) groups is 1. The van der Waals surface area contributed by atoms with E-state index in [2.05, 4.69) is 23.9 Å². The lowest BCUT2D eigenvalue weighted by molar-refractivity contribution is 0.970. The van der Waals surface area contributed by atoms with Gasteiger partial charge in [-0.1, -0.05) is 18.2 Å². The molecule has 1 atom stereocenters. The van der Waals surface area contributed by atoms with Crippen molar-refractivity contribution in [1.29, 1.82) is 0 Å². The van der Waals surface area contributed by atoms with Gasteiger partial charge >= 0.3 is 0 Å². The Kier molecular flexibility index (Phi) is 2.31. The molecule has 2 nitrogen and oxygen atoms in total. The van der Waals surface area contributed by atoms with E-state index < -0.39 is 0 Å². The molecule has 3 heteroatoms. The summed E-state index contributed by atoms with van der Waals surface area (Å²) in [4.78, 5) is 8.54. The van der Waals surface area contributed by atoms with Gasteiger partial charge in [-0.05, 0) is 18.2 Å². The Balaban J connectivity index is 2.42. The van der Waals surface area contributed by atoms with Crippen LogP contribution in [0.5, 0.6) is 0 Å². The van der Waals surface area contributed by atoms with Crippen LogP contribution in [0, 0.1) is 0 Å². The van der Waals surface area contributed by atoms with E-state index in [4.69, 9.17) is 0 Å². The molecule has 1 aliphatic rings. The number of pyridine rings is 1. The summed E-state index contributed by atoms with van der Waals surface area (Å²) in [5, 5.41) is -0.190. The molecule has 0 aromatic carbocycles. The molecular weight excluding hydrogens is 171 g/mol. The van der Waals surface area contributed by atoms with E-state index >= 15 is 0 Å². The first-order chi connectivity index (χ1) is 6.81. The Bertz CT molecular complexity index is 377. The van der Waals surface area contributed by atoms with Gasteiger partial charge in [-0.25, -0.2) is 0 Å². The normalized spacial score (nSPS) is 24.9. The molecular formula is C11H11BN2. The largest absolute Gasteiger partial charge is 0.269 e. The number of rotatable bonds is 1. The molecule has 2 rings (SSSR count). The molecule has 1 unspecified atom stereocenters. The molecule has 1 aliphatic heterocycles. The monoisotopic (exact) mass is 182 g/mol. The third kappa shape index (κ3) is 1.67. The maximum atomic E-state index is 4.35. The number of nitrogens with zero attached hydrogens (tertiary/aromatic N) is 2. The van der Waals surface area contributed by atoms with Crippen LogP contribution in [-0.2, 0) is 5.31 Å². The van der Waals surface area contributed by atoms with Crippen molar-refractivity contribution in [1.82, 2.24) is 4.98 Å². The highest BCUT2D eigenvalue weighted by Gasteiger charge is 2.22. The predicted molar refractivity (Wildman–Crippen MR) is 61.2 cm³/mol. The third-order valence-corrected chi connectivity index (χ3v) is 2.29. The quantitative estimate of drug-likeness (QED) is 0.596. The molecule has 0 saturated heterocycles. The highest BCUT2D eigenvalue weighted by molar-refractivity contribution is 6.27. The van der Waals surface area contributed by atoms with Crippen molar-refractivity contribution in [2.45, 2.75) is 5.31 Å². The van der Waals surface area contributed by atoms with Crippen LogP contribution in [0.3, 0.4) is 0 Å². The first-order valence-electron chi connectivity index (χ1n) is 4.61. The standard InChI is InChI=1S/C11H11BN2/c12-11(6-2-4-7-13-9-11)10-5-1-3-8-14-10/h1-9H,12H2. The van der Waals surface area contributed by atoms with Crippen molar-refractivity contribution in [2.24, 2.45) is 4.99 Å². The molecule has 0 saturated carbocycles. The molecule has 2 heterocycles. The van der Waals surface area contributed by atoms with E-state index in [9.17, 15) is 0 Å². The Morgan fingerprint density at radius 2 is 2.14 bits per heavy atom. The summed E-state index contributed by atoms with van der Waals surface area (Å²) in [6.07, 6.45) is 11.5. The first kappa shape index (κ1) is 8.94. The summed E-state index contributed by atoms with van der Waals surface area (Å²) in [5.41, 5.74) is 1.02. The second-order valence-corrected chi connectivity index (χ2v) is 3.48. The summed E-state index contributed by atoms with van der Waals surface area (Å²) in [5.74, 6) is 0. The zero-order valence-electron chi connectivity index (χ0n) is 8.09. The number of hydrogen-bond acceptors (Lipinski definition) is 2. The van der Waals surface area contributed by atoms with E-state index in [0.717, 1.165) is 5.69 Å². The second kappa shape index (κ2) is 3.62. The van der Waals surface area contributed by atoms with Gasteiger partial charge in [0.25, 0.3) is 0 Å². The van der Waals surface area contributed by atoms with Crippen LogP contribution in [0.1, 0.15) is 5.69 Å². The lowest BCUT2D eigenvalue weighted by atomic mass is 9.67. The molecule has 14 heavy (non-hydrogen) atoms. The molecule has 1 aromatic heterocycles. The Morgan fingerprint density at radius 3 is 2.93 bits per heavy atom. The molecule has 0 spiro atoms. The average molecular weight is 182 g/mol. The van der Waals surface area contributed by atoms with Crippen LogP contribution in [0.25, 0.3) is 0 Å². The number of aromatic nitrogens is 1. The zero-order valence-corrected chi connectivity index (χ0v) is 8.09. The smallest absolute Gasteiger partial charge is 0.129 e. The first-order valence-corrected chi connectivity index (χ1v) is 4.61. The van der Waals surface area contributed by atoms with Crippen LogP contribution in [0.4, 0.5) is 0 Å². The molecule has 0 aliphatic carbocycles. The summed E-state index contributed by atoms with van der Waals surface area (Å²) in [7, 11) is 2.10. The maximum absolute atomic E-state index is 4.35. The minimum atomic E-state index is -0.190. The molecule has 0 amide bonds. The van der Waals surface area contributed by atoms with Gasteiger partial charge in [-0.2, -0.15) is 0 Å². The number of hydrogen-bond donors (Lipinski definition) is 0. The Hall–Kier alpha value is -1.64. The highest BCUT2D eigenvalue weighted by Crippen LogP contribution is 2.19. The van der Waals surface area contributed by atoms with Gasteiger partial charge < -0.3 is 0 Å². The molecule has 0 N–H and O–H groups in total. The lowest BCUT2D eigenvalue weighted by Gasteiger charge is -2.19. The molecule has 0 bridgehead atoms. The van der Waals surface area contributed by atoms with Crippen molar-refractivity contribution in [3.05, 3.63) is 54.5 Å².